The Balaban J connectivity index is 1.94. The number of nitrogens with zero attached hydrogens (tertiary/aromatic N) is 2. The third-order valence-corrected chi connectivity index (χ3v) is 4.59. The Hall–Kier alpha value is -2.51. The second kappa shape index (κ2) is 7.80. The van der Waals surface area contributed by atoms with Gasteiger partial charge in [-0.3, -0.25) is 9.36 Å². The van der Waals surface area contributed by atoms with Gasteiger partial charge in [-0.25, -0.2) is 9.37 Å². The average Bonchev–Trinajstić information content (AvgIpc) is 3.07. The van der Waals surface area contributed by atoms with Crippen LogP contribution in [0.25, 0.3) is 5.69 Å². The van der Waals surface area contributed by atoms with Crippen LogP contribution in [-0.2, 0) is 0 Å². The molecule has 0 saturated carbocycles. The van der Waals surface area contributed by atoms with Crippen LogP contribution >= 0.6 is 23.4 Å². The number of methoxy groups -OCH3 is 1. The maximum Gasteiger partial charge on any atom is 0.274 e. The van der Waals surface area contributed by atoms with Crippen LogP contribution in [0.5, 0.6) is 5.75 Å². The Labute approximate surface area is 159 Å². The number of imidazole rings is 1. The molecule has 1 heterocycles. The highest BCUT2D eigenvalue weighted by Crippen LogP contribution is 2.28. The Morgan fingerprint density at radius 3 is 2.62 bits per heavy atom. The van der Waals surface area contributed by atoms with E-state index in [1.165, 1.54) is 37.2 Å². The molecule has 8 heteroatoms. The number of anilines is 1. The standard InChI is InChI=1S/C18H15ClFN3O2S/c1-25-16-8-5-12(9-14(16)19)22-17(24)15-10-21-18(26-2)23(15)13-6-3-11(20)4-7-13/h3-10H,1-2H3,(H,22,24). The fourth-order valence-corrected chi connectivity index (χ4v) is 3.22. The summed E-state index contributed by atoms with van der Waals surface area (Å²) in [5.41, 5.74) is 1.50. The van der Waals surface area contributed by atoms with Gasteiger partial charge in [-0.1, -0.05) is 23.4 Å². The lowest BCUT2D eigenvalue weighted by atomic mass is 10.2. The number of hydrogen-bond donors (Lipinski definition) is 1. The number of nitrogens with one attached hydrogen (secondary N) is 1. The molecule has 0 bridgehead atoms. The van der Waals surface area contributed by atoms with Crippen molar-refractivity contribution >= 4 is 35.0 Å². The molecule has 1 aromatic heterocycles. The van der Waals surface area contributed by atoms with Gasteiger partial charge in [0.2, 0.25) is 0 Å². The molecular weight excluding hydrogens is 377 g/mol. The van der Waals surface area contributed by atoms with Crippen molar-refractivity contribution in [1.82, 2.24) is 9.55 Å². The molecule has 0 aliphatic rings. The second-order valence-corrected chi connectivity index (χ2v) is 6.43. The van der Waals surface area contributed by atoms with Crippen molar-refractivity contribution in [2.75, 3.05) is 18.7 Å². The molecule has 0 atom stereocenters. The monoisotopic (exact) mass is 391 g/mol. The molecule has 0 aliphatic heterocycles. The molecule has 0 unspecified atom stereocenters. The molecule has 3 rings (SSSR count). The van der Waals surface area contributed by atoms with E-state index in [9.17, 15) is 9.18 Å². The summed E-state index contributed by atoms with van der Waals surface area (Å²) in [5, 5.41) is 3.80. The summed E-state index contributed by atoms with van der Waals surface area (Å²) in [6.07, 6.45) is 3.34. The molecule has 1 amide bonds. The van der Waals surface area contributed by atoms with E-state index in [-0.39, 0.29) is 11.7 Å². The van der Waals surface area contributed by atoms with Crippen molar-refractivity contribution in [2.24, 2.45) is 0 Å². The zero-order valence-electron chi connectivity index (χ0n) is 14.0. The Bertz CT molecular complexity index is 944. The van der Waals surface area contributed by atoms with Gasteiger partial charge in [-0.2, -0.15) is 0 Å². The smallest absolute Gasteiger partial charge is 0.274 e. The highest BCUT2D eigenvalue weighted by Gasteiger charge is 2.18. The lowest BCUT2D eigenvalue weighted by molar-refractivity contribution is 0.102. The molecule has 26 heavy (non-hydrogen) atoms. The molecule has 0 saturated heterocycles. The van der Waals surface area contributed by atoms with Gasteiger partial charge in [-0.15, -0.1) is 0 Å². The zero-order valence-corrected chi connectivity index (χ0v) is 15.6. The molecule has 3 aromatic rings. The summed E-state index contributed by atoms with van der Waals surface area (Å²) in [4.78, 5) is 17.0. The van der Waals surface area contributed by atoms with Gasteiger partial charge in [0.1, 0.15) is 17.3 Å². The number of amides is 1. The summed E-state index contributed by atoms with van der Waals surface area (Å²) >= 11 is 7.48. The number of ether oxygens (including phenoxy) is 1. The minimum absolute atomic E-state index is 0.327. The molecule has 1 N–H and O–H groups in total. The Morgan fingerprint density at radius 2 is 2.00 bits per heavy atom. The van der Waals surface area contributed by atoms with Crippen molar-refractivity contribution < 1.29 is 13.9 Å². The van der Waals surface area contributed by atoms with Crippen LogP contribution in [-0.4, -0.2) is 28.8 Å². The second-order valence-electron chi connectivity index (χ2n) is 5.25. The fraction of sp³-hybridized carbons (Fsp3) is 0.111. The van der Waals surface area contributed by atoms with Crippen LogP contribution in [0.4, 0.5) is 10.1 Å². The summed E-state index contributed by atoms with van der Waals surface area (Å²) < 4.78 is 20.0. The number of carbonyl (C=O) groups excluding carboxylic acids is 1. The van der Waals surface area contributed by atoms with Crippen LogP contribution in [0.3, 0.4) is 0 Å². The first-order chi connectivity index (χ1) is 12.5. The quantitative estimate of drug-likeness (QED) is 0.643. The number of thioether (sulfide) groups is 1. The third kappa shape index (κ3) is 3.68. The number of carbonyl (C=O) groups is 1. The lowest BCUT2D eigenvalue weighted by Crippen LogP contribution is -2.16. The van der Waals surface area contributed by atoms with Crippen molar-refractivity contribution in [2.45, 2.75) is 5.16 Å². The van der Waals surface area contributed by atoms with Gasteiger partial charge in [-0.05, 0) is 48.7 Å². The highest BCUT2D eigenvalue weighted by atomic mass is 35.5. The van der Waals surface area contributed by atoms with Crippen LogP contribution in [0.2, 0.25) is 5.02 Å². The molecule has 0 radical (unpaired) electrons. The lowest BCUT2D eigenvalue weighted by Gasteiger charge is -2.12. The van der Waals surface area contributed by atoms with E-state index in [4.69, 9.17) is 16.3 Å². The maximum absolute atomic E-state index is 13.2. The summed E-state index contributed by atoms with van der Waals surface area (Å²) in [5.74, 6) is -0.188. The van der Waals surface area contributed by atoms with Crippen molar-refractivity contribution in [3.8, 4) is 11.4 Å². The van der Waals surface area contributed by atoms with E-state index in [0.717, 1.165) is 0 Å². The fourth-order valence-electron chi connectivity index (χ4n) is 2.42. The first-order valence-corrected chi connectivity index (χ1v) is 9.16. The zero-order chi connectivity index (χ0) is 18.7. The van der Waals surface area contributed by atoms with Crippen LogP contribution in [0.1, 0.15) is 10.5 Å². The predicted molar refractivity (Wildman–Crippen MR) is 101 cm³/mol. The number of halogens is 2. The summed E-state index contributed by atoms with van der Waals surface area (Å²) in [6.45, 7) is 0. The normalized spacial score (nSPS) is 10.6. The molecule has 2 aromatic carbocycles. The third-order valence-electron chi connectivity index (χ3n) is 3.64. The van der Waals surface area contributed by atoms with Crippen molar-refractivity contribution in [3.05, 3.63) is 65.2 Å². The van der Waals surface area contributed by atoms with E-state index in [1.807, 2.05) is 6.26 Å². The van der Waals surface area contributed by atoms with Gasteiger partial charge in [0, 0.05) is 11.4 Å². The van der Waals surface area contributed by atoms with Crippen LogP contribution in [0, 0.1) is 5.82 Å². The molecule has 5 nitrogen and oxygen atoms in total. The largest absolute Gasteiger partial charge is 0.495 e. The molecular formula is C18H15ClFN3O2S. The molecule has 0 spiro atoms. The molecule has 134 valence electrons. The number of aromatic nitrogens is 2. The van der Waals surface area contributed by atoms with E-state index < -0.39 is 0 Å². The number of rotatable bonds is 5. The van der Waals surface area contributed by atoms with Gasteiger partial charge < -0.3 is 10.1 Å². The van der Waals surface area contributed by atoms with Gasteiger partial charge >= 0.3 is 0 Å². The minimum Gasteiger partial charge on any atom is -0.495 e. The first-order valence-electron chi connectivity index (χ1n) is 7.56. The topological polar surface area (TPSA) is 56.1 Å². The van der Waals surface area contributed by atoms with Crippen LogP contribution < -0.4 is 10.1 Å². The minimum atomic E-state index is -0.358. The highest BCUT2D eigenvalue weighted by molar-refractivity contribution is 7.98. The van der Waals surface area contributed by atoms with E-state index in [2.05, 4.69) is 10.3 Å². The summed E-state index contributed by atoms with van der Waals surface area (Å²) in [6, 6.07) is 10.8. The SMILES string of the molecule is COc1ccc(NC(=O)c2cnc(SC)n2-c2ccc(F)cc2)cc1Cl. The maximum atomic E-state index is 13.2. The van der Waals surface area contributed by atoms with Gasteiger partial charge in [0.05, 0.1) is 18.3 Å². The average molecular weight is 392 g/mol. The predicted octanol–water partition coefficient (Wildman–Crippen LogP) is 4.65. The summed E-state index contributed by atoms with van der Waals surface area (Å²) in [7, 11) is 1.52. The van der Waals surface area contributed by atoms with E-state index in [1.54, 1.807) is 34.9 Å². The number of hydrogen-bond acceptors (Lipinski definition) is 4. The molecule has 0 fully saturated rings. The Kier molecular flexibility index (Phi) is 5.49. The van der Waals surface area contributed by atoms with E-state index >= 15 is 0 Å². The first kappa shape index (κ1) is 18.3. The van der Waals surface area contributed by atoms with Crippen molar-refractivity contribution in [1.29, 1.82) is 0 Å². The Morgan fingerprint density at radius 1 is 1.27 bits per heavy atom. The van der Waals surface area contributed by atoms with Crippen molar-refractivity contribution in [3.63, 3.8) is 0 Å². The van der Waals surface area contributed by atoms with Gasteiger partial charge in [0.15, 0.2) is 5.16 Å². The van der Waals surface area contributed by atoms with Gasteiger partial charge in [0.25, 0.3) is 5.91 Å². The van der Waals surface area contributed by atoms with E-state index in [0.29, 0.717) is 33.0 Å². The van der Waals surface area contributed by atoms with Crippen LogP contribution in [0.15, 0.2) is 53.8 Å². The number of benzene rings is 2. The molecule has 0 aliphatic carbocycles.